The van der Waals surface area contributed by atoms with Crippen molar-refractivity contribution in [3.8, 4) is 0 Å². The number of aryl methyl sites for hydroxylation is 1. The van der Waals surface area contributed by atoms with Crippen molar-refractivity contribution < 1.29 is 0 Å². The summed E-state index contributed by atoms with van der Waals surface area (Å²) in [7, 11) is 0. The predicted molar refractivity (Wildman–Crippen MR) is 82.2 cm³/mol. The highest BCUT2D eigenvalue weighted by atomic mass is 79.9. The molecule has 0 bridgehead atoms. The lowest BCUT2D eigenvalue weighted by molar-refractivity contribution is 0.599. The molecule has 0 aliphatic heterocycles. The van der Waals surface area contributed by atoms with E-state index in [0.717, 1.165) is 22.3 Å². The van der Waals surface area contributed by atoms with E-state index in [1.54, 1.807) is 6.20 Å². The predicted octanol–water partition coefficient (Wildman–Crippen LogP) is 3.84. The molecule has 0 saturated heterocycles. The molecule has 0 radical (unpaired) electrons. The molecule has 0 amide bonds. The fourth-order valence-electron chi connectivity index (χ4n) is 2.18. The van der Waals surface area contributed by atoms with Crippen molar-refractivity contribution in [3.05, 3.63) is 51.8 Å². The van der Waals surface area contributed by atoms with E-state index < -0.39 is 0 Å². The highest BCUT2D eigenvalue weighted by Gasteiger charge is 2.17. The molecule has 0 fully saturated rings. The number of rotatable bonds is 4. The SMILES string of the molecule is CCn1ncc(Br)c1C(N)c1ccc(C(C)C)cc1. The molecule has 1 aromatic carbocycles. The Balaban J connectivity index is 2.33. The van der Waals surface area contributed by atoms with Gasteiger partial charge in [0, 0.05) is 6.54 Å². The van der Waals surface area contributed by atoms with E-state index in [4.69, 9.17) is 5.73 Å². The third-order valence-corrected chi connectivity index (χ3v) is 4.00. The van der Waals surface area contributed by atoms with E-state index in [1.807, 2.05) is 4.68 Å². The van der Waals surface area contributed by atoms with Crippen LogP contribution in [0.1, 0.15) is 49.6 Å². The van der Waals surface area contributed by atoms with Crippen molar-refractivity contribution in [1.29, 1.82) is 0 Å². The van der Waals surface area contributed by atoms with Crippen molar-refractivity contribution >= 4 is 15.9 Å². The van der Waals surface area contributed by atoms with Crippen LogP contribution in [-0.4, -0.2) is 9.78 Å². The molecule has 3 nitrogen and oxygen atoms in total. The van der Waals surface area contributed by atoms with E-state index in [1.165, 1.54) is 5.56 Å². The van der Waals surface area contributed by atoms with Gasteiger partial charge in [0.15, 0.2) is 0 Å². The number of hydrogen-bond donors (Lipinski definition) is 1. The average Bonchev–Trinajstić information content (AvgIpc) is 2.79. The number of aromatic nitrogens is 2. The molecule has 19 heavy (non-hydrogen) atoms. The van der Waals surface area contributed by atoms with Crippen LogP contribution in [0.5, 0.6) is 0 Å². The third kappa shape index (κ3) is 2.90. The zero-order valence-electron chi connectivity index (χ0n) is 11.6. The first kappa shape index (κ1) is 14.3. The van der Waals surface area contributed by atoms with Crippen LogP contribution < -0.4 is 5.73 Å². The fourth-order valence-corrected chi connectivity index (χ4v) is 2.72. The second-order valence-electron chi connectivity index (χ2n) is 4.99. The van der Waals surface area contributed by atoms with Gasteiger partial charge in [0.1, 0.15) is 0 Å². The van der Waals surface area contributed by atoms with Gasteiger partial charge in [-0.05, 0) is 39.9 Å². The minimum absolute atomic E-state index is 0.155. The first-order valence-corrected chi connectivity index (χ1v) is 7.40. The summed E-state index contributed by atoms with van der Waals surface area (Å²) in [6.07, 6.45) is 1.81. The van der Waals surface area contributed by atoms with Gasteiger partial charge in [0.05, 0.1) is 22.4 Å². The van der Waals surface area contributed by atoms with Crippen LogP contribution in [0.15, 0.2) is 34.9 Å². The van der Waals surface area contributed by atoms with Crippen LogP contribution in [0, 0.1) is 0 Å². The monoisotopic (exact) mass is 321 g/mol. The molecule has 2 N–H and O–H groups in total. The maximum atomic E-state index is 6.37. The van der Waals surface area contributed by atoms with Crippen LogP contribution >= 0.6 is 15.9 Å². The van der Waals surface area contributed by atoms with Crippen LogP contribution in [0.25, 0.3) is 0 Å². The number of halogens is 1. The largest absolute Gasteiger partial charge is 0.319 e. The maximum Gasteiger partial charge on any atom is 0.0738 e. The second kappa shape index (κ2) is 5.88. The Morgan fingerprint density at radius 1 is 1.21 bits per heavy atom. The number of benzene rings is 1. The minimum Gasteiger partial charge on any atom is -0.319 e. The lowest BCUT2D eigenvalue weighted by atomic mass is 9.98. The van der Waals surface area contributed by atoms with Crippen LogP contribution in [-0.2, 0) is 6.54 Å². The van der Waals surface area contributed by atoms with Crippen LogP contribution in [0.3, 0.4) is 0 Å². The molecule has 2 aromatic rings. The van der Waals surface area contributed by atoms with Crippen LogP contribution in [0.2, 0.25) is 0 Å². The molecule has 0 saturated carbocycles. The molecule has 2 rings (SSSR count). The summed E-state index contributed by atoms with van der Waals surface area (Å²) < 4.78 is 2.90. The van der Waals surface area contributed by atoms with E-state index in [-0.39, 0.29) is 6.04 Å². The smallest absolute Gasteiger partial charge is 0.0738 e. The van der Waals surface area contributed by atoms with Gasteiger partial charge in [-0.25, -0.2) is 0 Å². The summed E-state index contributed by atoms with van der Waals surface area (Å²) >= 11 is 3.53. The van der Waals surface area contributed by atoms with E-state index in [9.17, 15) is 0 Å². The minimum atomic E-state index is -0.155. The Morgan fingerprint density at radius 3 is 2.32 bits per heavy atom. The molecule has 1 heterocycles. The van der Waals surface area contributed by atoms with Crippen molar-refractivity contribution in [3.63, 3.8) is 0 Å². The van der Waals surface area contributed by atoms with Crippen molar-refractivity contribution in [2.75, 3.05) is 0 Å². The fraction of sp³-hybridized carbons (Fsp3) is 0.400. The summed E-state index contributed by atoms with van der Waals surface area (Å²) in [6.45, 7) is 7.27. The first-order valence-electron chi connectivity index (χ1n) is 6.61. The summed E-state index contributed by atoms with van der Waals surface area (Å²) in [6, 6.07) is 8.37. The topological polar surface area (TPSA) is 43.8 Å². The molecule has 1 atom stereocenters. The average molecular weight is 322 g/mol. The third-order valence-electron chi connectivity index (χ3n) is 3.39. The lowest BCUT2D eigenvalue weighted by Crippen LogP contribution is -2.17. The Kier molecular flexibility index (Phi) is 4.42. The van der Waals surface area contributed by atoms with E-state index in [0.29, 0.717) is 5.92 Å². The molecule has 102 valence electrons. The highest BCUT2D eigenvalue weighted by molar-refractivity contribution is 9.10. The normalized spacial score (nSPS) is 12.9. The maximum absolute atomic E-state index is 6.37. The number of nitrogens with two attached hydrogens (primary N) is 1. The Bertz CT molecular complexity index is 543. The zero-order chi connectivity index (χ0) is 14.0. The van der Waals surface area contributed by atoms with Gasteiger partial charge >= 0.3 is 0 Å². The standard InChI is InChI=1S/C15H20BrN3/c1-4-19-15(13(16)9-18-19)14(17)12-7-5-11(6-8-12)10(2)3/h5-10,14H,4,17H2,1-3H3. The van der Waals surface area contributed by atoms with Gasteiger partial charge in [-0.2, -0.15) is 5.10 Å². The molecule has 1 unspecified atom stereocenters. The van der Waals surface area contributed by atoms with E-state index in [2.05, 4.69) is 66.1 Å². The van der Waals surface area contributed by atoms with Crippen molar-refractivity contribution in [1.82, 2.24) is 9.78 Å². The summed E-state index contributed by atoms with van der Waals surface area (Å²) in [5.74, 6) is 0.540. The Hall–Kier alpha value is -1.13. The molecule has 0 aliphatic carbocycles. The quantitative estimate of drug-likeness (QED) is 0.929. The van der Waals surface area contributed by atoms with Gasteiger partial charge in [-0.3, -0.25) is 4.68 Å². The molecule has 0 aliphatic rings. The Morgan fingerprint density at radius 2 is 1.79 bits per heavy atom. The van der Waals surface area contributed by atoms with Gasteiger partial charge in [0.25, 0.3) is 0 Å². The molecular formula is C15H20BrN3. The van der Waals surface area contributed by atoms with Gasteiger partial charge in [-0.1, -0.05) is 38.1 Å². The molecule has 4 heteroatoms. The van der Waals surface area contributed by atoms with Gasteiger partial charge in [-0.15, -0.1) is 0 Å². The zero-order valence-corrected chi connectivity index (χ0v) is 13.2. The lowest BCUT2D eigenvalue weighted by Gasteiger charge is -2.16. The molecular weight excluding hydrogens is 302 g/mol. The number of nitrogens with zero attached hydrogens (tertiary/aromatic N) is 2. The van der Waals surface area contributed by atoms with Gasteiger partial charge < -0.3 is 5.73 Å². The van der Waals surface area contributed by atoms with Crippen molar-refractivity contribution in [2.45, 2.75) is 39.3 Å². The highest BCUT2D eigenvalue weighted by Crippen LogP contribution is 2.27. The molecule has 1 aromatic heterocycles. The molecule has 0 spiro atoms. The van der Waals surface area contributed by atoms with Crippen LogP contribution in [0.4, 0.5) is 0 Å². The van der Waals surface area contributed by atoms with Gasteiger partial charge in [0.2, 0.25) is 0 Å². The van der Waals surface area contributed by atoms with E-state index >= 15 is 0 Å². The summed E-state index contributed by atoms with van der Waals surface area (Å²) in [4.78, 5) is 0. The summed E-state index contributed by atoms with van der Waals surface area (Å²) in [5.41, 5.74) is 9.84. The second-order valence-corrected chi connectivity index (χ2v) is 5.85. The Labute approximate surface area is 122 Å². The number of hydrogen-bond acceptors (Lipinski definition) is 2. The first-order chi connectivity index (χ1) is 9.04. The van der Waals surface area contributed by atoms with Crippen molar-refractivity contribution in [2.24, 2.45) is 5.73 Å². The summed E-state index contributed by atoms with van der Waals surface area (Å²) in [5, 5.41) is 4.32.